The van der Waals surface area contributed by atoms with Crippen molar-refractivity contribution in [2.75, 3.05) is 13.1 Å². The molecule has 1 N–H and O–H groups in total. The summed E-state index contributed by atoms with van der Waals surface area (Å²) in [6, 6.07) is 9.56. The maximum atomic E-state index is 14.7. The van der Waals surface area contributed by atoms with Gasteiger partial charge in [-0.15, -0.1) is 0 Å². The van der Waals surface area contributed by atoms with Crippen LogP contribution in [0.5, 0.6) is 0 Å². The zero-order chi connectivity index (χ0) is 12.4. The Morgan fingerprint density at radius 2 is 2.22 bits per heavy atom. The summed E-state index contributed by atoms with van der Waals surface area (Å²) in [6.07, 6.45) is 2.88. The van der Waals surface area contributed by atoms with Gasteiger partial charge in [0.1, 0.15) is 6.17 Å². The van der Waals surface area contributed by atoms with Gasteiger partial charge < -0.3 is 5.32 Å². The highest BCUT2D eigenvalue weighted by molar-refractivity contribution is 5.82. The molecule has 2 nitrogen and oxygen atoms in total. The zero-order valence-corrected chi connectivity index (χ0v) is 10.3. The van der Waals surface area contributed by atoms with E-state index in [4.69, 9.17) is 0 Å². The van der Waals surface area contributed by atoms with Gasteiger partial charge >= 0.3 is 0 Å². The van der Waals surface area contributed by atoms with Crippen LogP contribution in [0, 0.1) is 5.92 Å². The summed E-state index contributed by atoms with van der Waals surface area (Å²) in [5.41, 5.74) is 1.66. The Balaban J connectivity index is 1.97. The third kappa shape index (κ3) is 2.10. The van der Waals surface area contributed by atoms with Crippen molar-refractivity contribution in [3.05, 3.63) is 42.1 Å². The number of pyridine rings is 1. The largest absolute Gasteiger partial charge is 0.316 e. The number of nitrogens with zero attached hydrogens (tertiary/aromatic N) is 1. The lowest BCUT2D eigenvalue weighted by molar-refractivity contribution is 0.196. The number of fused-ring (bicyclic) bond motifs is 1. The Kier molecular flexibility index (Phi) is 3.24. The molecule has 18 heavy (non-hydrogen) atoms. The molecule has 1 aromatic carbocycles. The predicted molar refractivity (Wildman–Crippen MR) is 71.2 cm³/mol. The van der Waals surface area contributed by atoms with Crippen molar-refractivity contribution in [1.29, 1.82) is 0 Å². The summed E-state index contributed by atoms with van der Waals surface area (Å²) in [5.74, 6) is 0.0876. The minimum atomic E-state index is -0.898. The number of halogens is 1. The SMILES string of the molecule is FC(c1cccc2ncccc12)C1CCCNC1. The van der Waals surface area contributed by atoms with Gasteiger partial charge in [-0.25, -0.2) is 4.39 Å². The van der Waals surface area contributed by atoms with Crippen LogP contribution in [0.1, 0.15) is 24.6 Å². The predicted octanol–water partition coefficient (Wildman–Crippen LogP) is 3.25. The number of alkyl halides is 1. The standard InChI is InChI=1S/C15H17FN2/c16-15(11-4-2-8-17-10-11)13-5-1-7-14-12(13)6-3-9-18-14/h1,3,5-7,9,11,15,17H,2,4,8,10H2. The second kappa shape index (κ2) is 5.02. The first-order valence-corrected chi connectivity index (χ1v) is 6.54. The fraction of sp³-hybridized carbons (Fsp3) is 0.400. The van der Waals surface area contributed by atoms with E-state index in [2.05, 4.69) is 10.3 Å². The molecule has 1 aliphatic heterocycles. The topological polar surface area (TPSA) is 24.9 Å². The Morgan fingerprint density at radius 1 is 1.28 bits per heavy atom. The van der Waals surface area contributed by atoms with Gasteiger partial charge in [-0.1, -0.05) is 18.2 Å². The monoisotopic (exact) mass is 244 g/mol. The fourth-order valence-electron chi connectivity index (χ4n) is 2.75. The third-order valence-electron chi connectivity index (χ3n) is 3.73. The summed E-state index contributed by atoms with van der Waals surface area (Å²) in [4.78, 5) is 4.29. The van der Waals surface area contributed by atoms with Gasteiger partial charge in [0.25, 0.3) is 0 Å². The molecule has 0 radical (unpaired) electrons. The van der Waals surface area contributed by atoms with Crippen molar-refractivity contribution in [1.82, 2.24) is 10.3 Å². The number of hydrogen-bond donors (Lipinski definition) is 1. The smallest absolute Gasteiger partial charge is 0.130 e. The molecule has 1 fully saturated rings. The molecule has 2 unspecified atom stereocenters. The molecule has 0 amide bonds. The van der Waals surface area contributed by atoms with Crippen molar-refractivity contribution in [3.8, 4) is 0 Å². The molecule has 94 valence electrons. The van der Waals surface area contributed by atoms with Gasteiger partial charge in [-0.05, 0) is 37.1 Å². The zero-order valence-electron chi connectivity index (χ0n) is 10.3. The van der Waals surface area contributed by atoms with Crippen LogP contribution in [0.2, 0.25) is 0 Å². The van der Waals surface area contributed by atoms with E-state index in [1.807, 2.05) is 30.3 Å². The molecule has 2 heterocycles. The minimum absolute atomic E-state index is 0.0876. The maximum Gasteiger partial charge on any atom is 0.130 e. The van der Waals surface area contributed by atoms with Crippen LogP contribution in [-0.4, -0.2) is 18.1 Å². The van der Waals surface area contributed by atoms with E-state index in [0.717, 1.165) is 42.4 Å². The van der Waals surface area contributed by atoms with E-state index in [-0.39, 0.29) is 5.92 Å². The van der Waals surface area contributed by atoms with Gasteiger partial charge in [-0.2, -0.15) is 0 Å². The minimum Gasteiger partial charge on any atom is -0.316 e. The Hall–Kier alpha value is -1.48. The first-order valence-electron chi connectivity index (χ1n) is 6.54. The summed E-state index contributed by atoms with van der Waals surface area (Å²) in [6.45, 7) is 1.79. The van der Waals surface area contributed by atoms with Crippen LogP contribution in [0.15, 0.2) is 36.5 Å². The first kappa shape index (κ1) is 11.6. The van der Waals surface area contributed by atoms with Crippen molar-refractivity contribution < 1.29 is 4.39 Å². The van der Waals surface area contributed by atoms with Crippen LogP contribution >= 0.6 is 0 Å². The second-order valence-electron chi connectivity index (χ2n) is 4.93. The molecule has 0 spiro atoms. The fourth-order valence-corrected chi connectivity index (χ4v) is 2.75. The molecule has 3 rings (SSSR count). The normalized spacial score (nSPS) is 21.9. The van der Waals surface area contributed by atoms with Gasteiger partial charge in [0.2, 0.25) is 0 Å². The molecule has 1 aliphatic rings. The van der Waals surface area contributed by atoms with Crippen LogP contribution in [-0.2, 0) is 0 Å². The molecule has 1 aromatic heterocycles. The number of nitrogens with one attached hydrogen (secondary N) is 1. The third-order valence-corrected chi connectivity index (χ3v) is 3.73. The molecule has 0 aliphatic carbocycles. The first-order chi connectivity index (χ1) is 8.86. The van der Waals surface area contributed by atoms with Gasteiger partial charge in [0, 0.05) is 24.0 Å². The quantitative estimate of drug-likeness (QED) is 0.877. The maximum absolute atomic E-state index is 14.7. The van der Waals surface area contributed by atoms with Gasteiger partial charge in [0.15, 0.2) is 0 Å². The van der Waals surface area contributed by atoms with E-state index in [1.54, 1.807) is 6.20 Å². The summed E-state index contributed by atoms with van der Waals surface area (Å²) in [7, 11) is 0. The van der Waals surface area contributed by atoms with Crippen LogP contribution in [0.3, 0.4) is 0 Å². The van der Waals surface area contributed by atoms with Gasteiger partial charge in [-0.3, -0.25) is 4.98 Å². The molecule has 2 aromatic rings. The van der Waals surface area contributed by atoms with E-state index < -0.39 is 6.17 Å². The number of aromatic nitrogens is 1. The van der Waals surface area contributed by atoms with Crippen LogP contribution in [0.25, 0.3) is 10.9 Å². The van der Waals surface area contributed by atoms with Crippen LogP contribution in [0.4, 0.5) is 4.39 Å². The highest BCUT2D eigenvalue weighted by Crippen LogP contribution is 2.34. The molecule has 3 heteroatoms. The summed E-state index contributed by atoms with van der Waals surface area (Å²) in [5, 5.41) is 4.22. The Morgan fingerprint density at radius 3 is 3.06 bits per heavy atom. The van der Waals surface area contributed by atoms with Crippen LogP contribution < -0.4 is 5.32 Å². The van der Waals surface area contributed by atoms with Crippen molar-refractivity contribution in [2.45, 2.75) is 19.0 Å². The van der Waals surface area contributed by atoms with Gasteiger partial charge in [0.05, 0.1) is 5.52 Å². The van der Waals surface area contributed by atoms with E-state index >= 15 is 0 Å². The van der Waals surface area contributed by atoms with E-state index in [1.165, 1.54) is 0 Å². The lowest BCUT2D eigenvalue weighted by Gasteiger charge is -2.26. The Bertz CT molecular complexity index is 530. The van der Waals surface area contributed by atoms with Crippen molar-refractivity contribution in [3.63, 3.8) is 0 Å². The molecule has 2 atom stereocenters. The number of benzene rings is 1. The lowest BCUT2D eigenvalue weighted by atomic mass is 9.89. The molecule has 0 bridgehead atoms. The second-order valence-corrected chi connectivity index (χ2v) is 4.93. The van der Waals surface area contributed by atoms with E-state index in [9.17, 15) is 4.39 Å². The van der Waals surface area contributed by atoms with Crippen molar-refractivity contribution >= 4 is 10.9 Å². The highest BCUT2D eigenvalue weighted by atomic mass is 19.1. The number of rotatable bonds is 2. The molecular formula is C15H17FN2. The Labute approximate surface area is 106 Å². The lowest BCUT2D eigenvalue weighted by Crippen LogP contribution is -2.32. The highest BCUT2D eigenvalue weighted by Gasteiger charge is 2.25. The number of piperidine rings is 1. The molecule has 1 saturated heterocycles. The number of hydrogen-bond acceptors (Lipinski definition) is 2. The summed E-state index contributed by atoms with van der Waals surface area (Å²) >= 11 is 0. The molecular weight excluding hydrogens is 227 g/mol. The average molecular weight is 244 g/mol. The summed E-state index contributed by atoms with van der Waals surface area (Å²) < 4.78 is 14.7. The van der Waals surface area contributed by atoms with Crippen molar-refractivity contribution in [2.24, 2.45) is 5.92 Å². The van der Waals surface area contributed by atoms with E-state index in [0.29, 0.717) is 0 Å². The average Bonchev–Trinajstić information content (AvgIpc) is 2.47. The molecule has 0 saturated carbocycles.